The largest absolute Gasteiger partial charge is 0.463 e. The molecular weight excluding hydrogens is 442 g/mol. The van der Waals surface area contributed by atoms with E-state index < -0.39 is 36.9 Å². The van der Waals surface area contributed by atoms with Gasteiger partial charge in [0.15, 0.2) is 6.23 Å². The van der Waals surface area contributed by atoms with Crippen LogP contribution >= 0.6 is 24.6 Å². The number of carbonyl (C=O) groups is 1. The number of esters is 1. The van der Waals surface area contributed by atoms with Crippen LogP contribution in [-0.2, 0) is 14.3 Å². The molecule has 1 aromatic rings. The molecular formula is C21H36ClN3O5S. The number of aliphatic hydroxyl groups excluding tert-OH is 2. The van der Waals surface area contributed by atoms with Gasteiger partial charge in [-0.05, 0) is 24.7 Å². The number of anilines is 1. The Morgan fingerprint density at radius 3 is 2.55 bits per heavy atom. The van der Waals surface area contributed by atoms with E-state index >= 15 is 0 Å². The van der Waals surface area contributed by atoms with E-state index in [4.69, 9.17) is 28.8 Å². The zero-order valence-electron chi connectivity index (χ0n) is 19.0. The molecule has 1 saturated heterocycles. The minimum atomic E-state index is -1.26. The van der Waals surface area contributed by atoms with Gasteiger partial charge in [0.2, 0.25) is 4.77 Å². The average Bonchev–Trinajstić information content (AvgIpc) is 3.00. The van der Waals surface area contributed by atoms with Gasteiger partial charge in [-0.25, -0.2) is 4.98 Å². The van der Waals surface area contributed by atoms with Gasteiger partial charge in [0, 0.05) is 14.0 Å². The minimum absolute atomic E-state index is 0. The van der Waals surface area contributed by atoms with Crippen molar-refractivity contribution in [1.29, 1.82) is 0 Å². The smallest absolute Gasteiger partial charge is 0.305 e. The molecule has 0 aliphatic carbocycles. The van der Waals surface area contributed by atoms with Gasteiger partial charge in [0.25, 0.3) is 0 Å². The van der Waals surface area contributed by atoms with Crippen molar-refractivity contribution in [2.24, 2.45) is 0 Å². The lowest BCUT2D eigenvalue weighted by atomic mass is 10.1. The van der Waals surface area contributed by atoms with Gasteiger partial charge in [-0.1, -0.05) is 58.3 Å². The Labute approximate surface area is 197 Å². The highest BCUT2D eigenvalue weighted by atomic mass is 35.5. The number of halogens is 1. The Morgan fingerprint density at radius 2 is 1.90 bits per heavy atom. The SMILES string of the molecule is Cl.[2H]C(CCCCCCCCC)CC(=O)OC[C@H]1OC(n2ccc(N)nc2=S)[C@@H](O)[C@@H]1O. The van der Waals surface area contributed by atoms with E-state index in [1.807, 2.05) is 0 Å². The van der Waals surface area contributed by atoms with Crippen molar-refractivity contribution in [3.05, 3.63) is 17.0 Å². The lowest BCUT2D eigenvalue weighted by Crippen LogP contribution is -2.34. The monoisotopic (exact) mass is 478 g/mol. The zero-order valence-corrected chi connectivity index (χ0v) is 19.7. The van der Waals surface area contributed by atoms with E-state index in [9.17, 15) is 15.0 Å². The number of carbonyl (C=O) groups excluding carboxylic acids is 1. The van der Waals surface area contributed by atoms with Gasteiger partial charge >= 0.3 is 5.97 Å². The van der Waals surface area contributed by atoms with Crippen LogP contribution in [-0.4, -0.2) is 50.7 Å². The number of hydrogen-bond acceptors (Lipinski definition) is 8. The summed E-state index contributed by atoms with van der Waals surface area (Å²) in [7, 11) is 0. The predicted molar refractivity (Wildman–Crippen MR) is 123 cm³/mol. The van der Waals surface area contributed by atoms with Crippen molar-refractivity contribution in [3.8, 4) is 0 Å². The van der Waals surface area contributed by atoms with Gasteiger partial charge in [-0.15, -0.1) is 12.4 Å². The third-order valence-corrected chi connectivity index (χ3v) is 5.50. The second-order valence-electron chi connectivity index (χ2n) is 7.67. The molecule has 2 unspecified atom stereocenters. The molecule has 1 aliphatic rings. The number of ether oxygens (including phenoxy) is 2. The molecule has 0 spiro atoms. The van der Waals surface area contributed by atoms with Crippen LogP contribution in [0.1, 0.15) is 78.7 Å². The summed E-state index contributed by atoms with van der Waals surface area (Å²) in [6.07, 6.45) is 5.47. The van der Waals surface area contributed by atoms with Crippen LogP contribution in [0.5, 0.6) is 0 Å². The van der Waals surface area contributed by atoms with Gasteiger partial charge in [-0.2, -0.15) is 0 Å². The second kappa shape index (κ2) is 14.7. The van der Waals surface area contributed by atoms with Crippen molar-refractivity contribution in [3.63, 3.8) is 0 Å². The summed E-state index contributed by atoms with van der Waals surface area (Å²) in [6.45, 7) is 1.98. The summed E-state index contributed by atoms with van der Waals surface area (Å²) in [5.41, 5.74) is 5.58. The molecule has 0 aromatic carbocycles. The van der Waals surface area contributed by atoms with E-state index in [1.165, 1.54) is 48.9 Å². The topological polar surface area (TPSA) is 120 Å². The normalized spacial score (nSPS) is 24.3. The molecule has 2 rings (SSSR count). The molecule has 1 fully saturated rings. The maximum Gasteiger partial charge on any atom is 0.305 e. The highest BCUT2D eigenvalue weighted by Gasteiger charge is 2.44. The molecule has 8 nitrogen and oxygen atoms in total. The number of aliphatic hydroxyl groups is 2. The van der Waals surface area contributed by atoms with Crippen LogP contribution in [0.15, 0.2) is 12.3 Å². The maximum absolute atomic E-state index is 12.1. The molecule has 1 aliphatic heterocycles. The van der Waals surface area contributed by atoms with Gasteiger partial charge in [-0.3, -0.25) is 9.36 Å². The third kappa shape index (κ3) is 9.02. The molecule has 2 heterocycles. The van der Waals surface area contributed by atoms with Gasteiger partial charge < -0.3 is 25.4 Å². The van der Waals surface area contributed by atoms with Crippen molar-refractivity contribution in [1.82, 2.24) is 9.55 Å². The van der Waals surface area contributed by atoms with Crippen molar-refractivity contribution in [2.75, 3.05) is 12.3 Å². The van der Waals surface area contributed by atoms with E-state index in [0.29, 0.717) is 6.42 Å². The Kier molecular flexibility index (Phi) is 12.4. The van der Waals surface area contributed by atoms with Crippen LogP contribution in [0.4, 0.5) is 5.82 Å². The maximum atomic E-state index is 12.1. The highest BCUT2D eigenvalue weighted by molar-refractivity contribution is 7.71. The predicted octanol–water partition coefficient (Wildman–Crippen LogP) is 3.70. The van der Waals surface area contributed by atoms with Gasteiger partial charge in [0.05, 0.1) is 0 Å². The number of nitrogens with two attached hydrogens (primary N) is 1. The summed E-state index contributed by atoms with van der Waals surface area (Å²) >= 11 is 5.12. The molecule has 4 N–H and O–H groups in total. The van der Waals surface area contributed by atoms with Crippen molar-refractivity contribution >= 4 is 36.4 Å². The number of unbranched alkanes of at least 4 members (excludes halogenated alkanes) is 6. The van der Waals surface area contributed by atoms with Crippen LogP contribution in [0.2, 0.25) is 0 Å². The summed E-state index contributed by atoms with van der Waals surface area (Å²) in [5.74, 6) is -0.274. The van der Waals surface area contributed by atoms with Crippen LogP contribution in [0, 0.1) is 4.77 Å². The first kappa shape index (κ1) is 26.0. The molecule has 0 amide bonds. The molecule has 10 heteroatoms. The van der Waals surface area contributed by atoms with Gasteiger partial charge in [0.1, 0.15) is 30.7 Å². The van der Waals surface area contributed by atoms with Crippen LogP contribution in [0.25, 0.3) is 0 Å². The molecule has 0 saturated carbocycles. The number of rotatable bonds is 13. The third-order valence-electron chi connectivity index (χ3n) is 5.19. The summed E-state index contributed by atoms with van der Waals surface area (Å²) in [5, 5.41) is 20.6. The number of nitrogens with zero attached hydrogens (tertiary/aromatic N) is 2. The van der Waals surface area contributed by atoms with E-state index in [1.54, 1.807) is 0 Å². The standard InChI is InChI=1S/C21H35N3O5S.ClH/c1-2-3-4-5-6-7-8-9-10-11-17(25)28-14-15-18(26)19(27)20(29-15)24-13-12-16(22)23-21(24)30;/h12-13,15,18-20,26-27H,2-11,14H2,1H3,(H2,22,23,30);1H/t15-,18-,19+,20?;/m1./s1/i10D;/t10?,15-,18-,19+,20?;. The Hall–Kier alpha value is -1.26. The molecule has 0 bridgehead atoms. The van der Waals surface area contributed by atoms with Crippen molar-refractivity contribution in [2.45, 2.75) is 95.6 Å². The Bertz CT molecular complexity index is 756. The molecule has 1 aromatic heterocycles. The van der Waals surface area contributed by atoms with E-state index in [0.717, 1.165) is 12.8 Å². The lowest BCUT2D eigenvalue weighted by Gasteiger charge is -2.18. The number of nitrogen functional groups attached to an aromatic ring is 1. The molecule has 31 heavy (non-hydrogen) atoms. The molecule has 178 valence electrons. The Balaban J connectivity index is 0.00000512. The molecule has 0 radical (unpaired) electrons. The van der Waals surface area contributed by atoms with E-state index in [2.05, 4.69) is 11.9 Å². The van der Waals surface area contributed by atoms with Crippen molar-refractivity contribution < 1.29 is 25.9 Å². The van der Waals surface area contributed by atoms with Crippen LogP contribution < -0.4 is 5.73 Å². The molecule has 5 atom stereocenters. The minimum Gasteiger partial charge on any atom is -0.463 e. The average molecular weight is 479 g/mol. The summed E-state index contributed by atoms with van der Waals surface area (Å²) < 4.78 is 20.4. The fraction of sp³-hybridized carbons (Fsp3) is 0.762. The fourth-order valence-electron chi connectivity index (χ4n) is 3.42. The van der Waals surface area contributed by atoms with E-state index in [-0.39, 0.29) is 36.0 Å². The first-order valence-electron chi connectivity index (χ1n) is 11.3. The lowest BCUT2D eigenvalue weighted by molar-refractivity contribution is -0.150. The first-order chi connectivity index (χ1) is 14.8. The summed E-state index contributed by atoms with van der Waals surface area (Å²) in [6, 6.07) is 1.51. The second-order valence-corrected chi connectivity index (χ2v) is 8.04. The number of aromatic nitrogens is 2. The first-order valence-corrected chi connectivity index (χ1v) is 11.2. The summed E-state index contributed by atoms with van der Waals surface area (Å²) in [4.78, 5) is 16.0. The quantitative estimate of drug-likeness (QED) is 0.223. The zero-order chi connectivity index (χ0) is 22.8. The number of hydrogen-bond donors (Lipinski definition) is 3. The van der Waals surface area contributed by atoms with Crippen LogP contribution in [0.3, 0.4) is 0 Å². The Morgan fingerprint density at radius 1 is 1.26 bits per heavy atom. The fourth-order valence-corrected chi connectivity index (χ4v) is 3.69. The highest BCUT2D eigenvalue weighted by Crippen LogP contribution is 2.30.